The van der Waals surface area contributed by atoms with E-state index < -0.39 is 11.4 Å². The second-order valence-corrected chi connectivity index (χ2v) is 5.20. The molecule has 4 N–H and O–H groups in total. The summed E-state index contributed by atoms with van der Waals surface area (Å²) in [7, 11) is 0. The molecule has 1 aromatic rings. The summed E-state index contributed by atoms with van der Waals surface area (Å²) < 4.78 is 19.0. The molecule has 5 heteroatoms. The fourth-order valence-corrected chi connectivity index (χ4v) is 1.43. The van der Waals surface area contributed by atoms with E-state index in [1.807, 2.05) is 27.7 Å². The number of rotatable bonds is 5. The van der Waals surface area contributed by atoms with Crippen LogP contribution < -0.4 is 15.8 Å². The van der Waals surface area contributed by atoms with Crippen molar-refractivity contribution in [2.24, 2.45) is 0 Å². The van der Waals surface area contributed by atoms with Crippen LogP contribution in [0.4, 0.5) is 15.8 Å². The van der Waals surface area contributed by atoms with Crippen LogP contribution in [0, 0.1) is 5.82 Å². The maximum absolute atomic E-state index is 13.6. The van der Waals surface area contributed by atoms with Gasteiger partial charge >= 0.3 is 0 Å². The Labute approximate surface area is 107 Å². The van der Waals surface area contributed by atoms with Crippen LogP contribution in [0.1, 0.15) is 27.7 Å². The lowest BCUT2D eigenvalue weighted by Gasteiger charge is -2.26. The Morgan fingerprint density at radius 3 is 2.56 bits per heavy atom. The third-order valence-electron chi connectivity index (χ3n) is 2.34. The number of halogens is 1. The van der Waals surface area contributed by atoms with Crippen molar-refractivity contribution in [3.05, 3.63) is 17.9 Å². The third kappa shape index (κ3) is 3.77. The highest BCUT2D eigenvalue weighted by atomic mass is 19.1. The summed E-state index contributed by atoms with van der Waals surface area (Å²) in [5.41, 5.74) is 6.03. The Morgan fingerprint density at radius 2 is 2.06 bits per heavy atom. The molecule has 0 saturated carbocycles. The van der Waals surface area contributed by atoms with Gasteiger partial charge in [0.25, 0.3) is 0 Å². The minimum atomic E-state index is -0.541. The molecule has 0 amide bonds. The van der Waals surface area contributed by atoms with Crippen LogP contribution in [0.2, 0.25) is 0 Å². The van der Waals surface area contributed by atoms with Gasteiger partial charge in [0.1, 0.15) is 0 Å². The zero-order chi connectivity index (χ0) is 13.9. The van der Waals surface area contributed by atoms with Crippen molar-refractivity contribution in [2.45, 2.75) is 39.3 Å². The number of anilines is 2. The summed E-state index contributed by atoms with van der Waals surface area (Å²) in [5.74, 6) is -0.344. The second-order valence-electron chi connectivity index (χ2n) is 5.20. The van der Waals surface area contributed by atoms with Crippen LogP contribution in [0.25, 0.3) is 0 Å². The molecular formula is C13H21FN2O2. The summed E-state index contributed by atoms with van der Waals surface area (Å²) >= 11 is 0. The predicted molar refractivity (Wildman–Crippen MR) is 71.4 cm³/mol. The highest BCUT2D eigenvalue weighted by molar-refractivity contribution is 5.69. The molecule has 18 heavy (non-hydrogen) atoms. The number of aliphatic hydroxyl groups excluding tert-OH is 1. The molecule has 0 aliphatic carbocycles. The quantitative estimate of drug-likeness (QED) is 0.708. The summed E-state index contributed by atoms with van der Waals surface area (Å²) in [6, 6.07) is 2.73. The molecule has 0 aliphatic heterocycles. The van der Waals surface area contributed by atoms with Crippen LogP contribution in [0.15, 0.2) is 12.1 Å². The zero-order valence-electron chi connectivity index (χ0n) is 11.2. The SMILES string of the molecule is CC(C)Oc1cc(NC(C)(C)CO)c(N)cc1F. The molecule has 1 aromatic carbocycles. The van der Waals surface area contributed by atoms with Crippen LogP contribution in [0.5, 0.6) is 5.75 Å². The van der Waals surface area contributed by atoms with Gasteiger partial charge in [-0.1, -0.05) is 0 Å². The minimum absolute atomic E-state index is 0.0653. The number of aliphatic hydroxyl groups is 1. The molecule has 0 fully saturated rings. The molecule has 1 rings (SSSR count). The molecule has 4 nitrogen and oxygen atoms in total. The summed E-state index contributed by atoms with van der Waals surface area (Å²) in [4.78, 5) is 0. The minimum Gasteiger partial charge on any atom is -0.488 e. The molecular weight excluding hydrogens is 235 g/mol. The van der Waals surface area contributed by atoms with E-state index in [9.17, 15) is 9.50 Å². The van der Waals surface area contributed by atoms with E-state index >= 15 is 0 Å². The van der Waals surface area contributed by atoms with Crippen molar-refractivity contribution in [1.82, 2.24) is 0 Å². The summed E-state index contributed by atoms with van der Waals surface area (Å²) in [6.07, 6.45) is -0.123. The average molecular weight is 256 g/mol. The van der Waals surface area contributed by atoms with Gasteiger partial charge in [-0.2, -0.15) is 0 Å². The van der Waals surface area contributed by atoms with Crippen molar-refractivity contribution < 1.29 is 14.2 Å². The van der Waals surface area contributed by atoms with Gasteiger partial charge in [-0.3, -0.25) is 0 Å². The standard InChI is InChI=1S/C13H21FN2O2/c1-8(2)18-12-6-11(10(15)5-9(12)14)16-13(3,4)7-17/h5-6,8,16-17H,7,15H2,1-4H3. The molecule has 0 aromatic heterocycles. The van der Waals surface area contributed by atoms with E-state index in [1.54, 1.807) is 0 Å². The van der Waals surface area contributed by atoms with Crippen molar-refractivity contribution in [2.75, 3.05) is 17.7 Å². The van der Waals surface area contributed by atoms with E-state index in [0.29, 0.717) is 5.69 Å². The van der Waals surface area contributed by atoms with Gasteiger partial charge in [-0.15, -0.1) is 0 Å². The smallest absolute Gasteiger partial charge is 0.167 e. The van der Waals surface area contributed by atoms with E-state index in [2.05, 4.69) is 5.32 Å². The molecule has 0 heterocycles. The van der Waals surface area contributed by atoms with Gasteiger partial charge in [0.05, 0.1) is 29.6 Å². The largest absolute Gasteiger partial charge is 0.488 e. The predicted octanol–water partition coefficient (Wildman–Crippen LogP) is 2.38. The third-order valence-corrected chi connectivity index (χ3v) is 2.34. The molecule has 102 valence electrons. The summed E-state index contributed by atoms with van der Waals surface area (Å²) in [5, 5.41) is 12.3. The molecule has 0 radical (unpaired) electrons. The van der Waals surface area contributed by atoms with Gasteiger partial charge in [0.2, 0.25) is 0 Å². The molecule has 0 saturated heterocycles. The Bertz CT molecular complexity index is 420. The Balaban J connectivity index is 3.05. The van der Waals surface area contributed by atoms with Crippen molar-refractivity contribution in [3.8, 4) is 5.75 Å². The van der Waals surface area contributed by atoms with Crippen LogP contribution in [0.3, 0.4) is 0 Å². The van der Waals surface area contributed by atoms with E-state index in [4.69, 9.17) is 10.5 Å². The maximum Gasteiger partial charge on any atom is 0.167 e. The molecule has 0 unspecified atom stereocenters. The molecule has 0 spiro atoms. The van der Waals surface area contributed by atoms with E-state index in [0.717, 1.165) is 0 Å². The lowest BCUT2D eigenvalue weighted by Crippen LogP contribution is -2.35. The Kier molecular flexibility index (Phi) is 4.40. The number of nitrogens with two attached hydrogens (primary N) is 1. The first-order valence-corrected chi connectivity index (χ1v) is 5.90. The summed E-state index contributed by atoms with van der Waals surface area (Å²) in [6.45, 7) is 7.21. The topological polar surface area (TPSA) is 67.5 Å². The molecule has 0 aliphatic rings. The first-order chi connectivity index (χ1) is 8.25. The van der Waals surface area contributed by atoms with Crippen molar-refractivity contribution >= 4 is 11.4 Å². The van der Waals surface area contributed by atoms with Crippen LogP contribution in [-0.2, 0) is 0 Å². The molecule has 0 bridgehead atoms. The van der Waals surface area contributed by atoms with Gasteiger partial charge < -0.3 is 20.9 Å². The average Bonchev–Trinajstić information content (AvgIpc) is 2.24. The van der Waals surface area contributed by atoms with E-state index in [-0.39, 0.29) is 24.1 Å². The lowest BCUT2D eigenvalue weighted by atomic mass is 10.1. The van der Waals surface area contributed by atoms with Gasteiger partial charge in [0.15, 0.2) is 11.6 Å². The highest BCUT2D eigenvalue weighted by Crippen LogP contribution is 2.30. The highest BCUT2D eigenvalue weighted by Gasteiger charge is 2.19. The molecule has 0 atom stereocenters. The number of benzene rings is 1. The second kappa shape index (κ2) is 5.44. The van der Waals surface area contributed by atoms with Gasteiger partial charge in [0, 0.05) is 12.1 Å². The Morgan fingerprint density at radius 1 is 1.44 bits per heavy atom. The van der Waals surface area contributed by atoms with E-state index in [1.165, 1.54) is 12.1 Å². The number of hydrogen-bond acceptors (Lipinski definition) is 4. The normalized spacial score (nSPS) is 11.7. The van der Waals surface area contributed by atoms with Crippen LogP contribution in [-0.4, -0.2) is 23.4 Å². The van der Waals surface area contributed by atoms with Gasteiger partial charge in [-0.25, -0.2) is 4.39 Å². The maximum atomic E-state index is 13.6. The first-order valence-electron chi connectivity index (χ1n) is 5.90. The lowest BCUT2D eigenvalue weighted by molar-refractivity contribution is 0.229. The number of ether oxygens (including phenoxy) is 1. The van der Waals surface area contributed by atoms with Crippen LogP contribution >= 0.6 is 0 Å². The monoisotopic (exact) mass is 256 g/mol. The zero-order valence-corrected chi connectivity index (χ0v) is 11.2. The Hall–Kier alpha value is -1.49. The van der Waals surface area contributed by atoms with Gasteiger partial charge in [-0.05, 0) is 27.7 Å². The van der Waals surface area contributed by atoms with Crippen molar-refractivity contribution in [1.29, 1.82) is 0 Å². The van der Waals surface area contributed by atoms with Crippen molar-refractivity contribution in [3.63, 3.8) is 0 Å². The number of nitrogen functional groups attached to an aromatic ring is 1. The fraction of sp³-hybridized carbons (Fsp3) is 0.538. The number of hydrogen-bond donors (Lipinski definition) is 3. The first kappa shape index (κ1) is 14.6. The fourth-order valence-electron chi connectivity index (χ4n) is 1.43. The number of nitrogens with one attached hydrogen (secondary N) is 1.